The molecule has 2 aliphatic heterocycles. The highest BCUT2D eigenvalue weighted by atomic mass is 16.2. The van der Waals surface area contributed by atoms with E-state index >= 15 is 0 Å². The van der Waals surface area contributed by atoms with E-state index in [4.69, 9.17) is 0 Å². The fraction of sp³-hybridized carbons (Fsp3) is 0.158. The first kappa shape index (κ1) is 13.8. The summed E-state index contributed by atoms with van der Waals surface area (Å²) >= 11 is 0. The van der Waals surface area contributed by atoms with Crippen LogP contribution in [0, 0.1) is 0 Å². The molecule has 0 saturated heterocycles. The number of carbonyl (C=O) groups excluding carboxylic acids is 2. The summed E-state index contributed by atoms with van der Waals surface area (Å²) in [5, 5.41) is 2.38. The molecule has 0 aliphatic carbocycles. The molecule has 2 aromatic rings. The highest BCUT2D eigenvalue weighted by Gasteiger charge is 2.31. The summed E-state index contributed by atoms with van der Waals surface area (Å²) in [6, 6.07) is 15.8. The first-order valence-corrected chi connectivity index (χ1v) is 7.72. The average molecular weight is 304 g/mol. The monoisotopic (exact) mass is 304 g/mol. The third-order valence-electron chi connectivity index (χ3n) is 4.44. The summed E-state index contributed by atoms with van der Waals surface area (Å²) in [7, 11) is 0. The summed E-state index contributed by atoms with van der Waals surface area (Å²) in [5.41, 5.74) is 4.40. The van der Waals surface area contributed by atoms with Crippen LogP contribution in [0.5, 0.6) is 0 Å². The van der Waals surface area contributed by atoms with Crippen LogP contribution in [-0.2, 0) is 0 Å². The standard InChI is InChI=1S/C19H16N2O2/c22-18-15-7-4-8-16(17(15)19(23)20-18)21-11-9-14(10-12-21)13-5-2-1-3-6-13/h1-9H,10-12H2,(H,20,22,23). The Balaban J connectivity index is 1.64. The van der Waals surface area contributed by atoms with Crippen molar-refractivity contribution in [3.8, 4) is 0 Å². The van der Waals surface area contributed by atoms with Gasteiger partial charge in [-0.1, -0.05) is 42.5 Å². The molecule has 0 aromatic heterocycles. The van der Waals surface area contributed by atoms with Gasteiger partial charge in [0.25, 0.3) is 11.8 Å². The second kappa shape index (κ2) is 5.39. The Morgan fingerprint density at radius 1 is 0.913 bits per heavy atom. The van der Waals surface area contributed by atoms with E-state index in [0.717, 1.165) is 25.2 Å². The molecule has 0 saturated carbocycles. The summed E-state index contributed by atoms with van der Waals surface area (Å²) < 4.78 is 0. The number of hydrogen-bond acceptors (Lipinski definition) is 3. The van der Waals surface area contributed by atoms with Gasteiger partial charge in [-0.05, 0) is 29.7 Å². The van der Waals surface area contributed by atoms with Crippen LogP contribution in [0.1, 0.15) is 32.7 Å². The van der Waals surface area contributed by atoms with E-state index in [1.54, 1.807) is 6.07 Å². The normalized spacial score (nSPS) is 16.9. The molecular formula is C19H16N2O2. The lowest BCUT2D eigenvalue weighted by atomic mass is 9.98. The van der Waals surface area contributed by atoms with Crippen LogP contribution in [0.2, 0.25) is 0 Å². The van der Waals surface area contributed by atoms with E-state index in [2.05, 4.69) is 28.4 Å². The number of nitrogens with zero attached hydrogens (tertiary/aromatic N) is 1. The van der Waals surface area contributed by atoms with Crippen molar-refractivity contribution in [3.63, 3.8) is 0 Å². The average Bonchev–Trinajstić information content (AvgIpc) is 2.90. The molecule has 4 nitrogen and oxygen atoms in total. The number of carbonyl (C=O) groups is 2. The number of anilines is 1. The van der Waals surface area contributed by atoms with Gasteiger partial charge < -0.3 is 4.90 Å². The van der Waals surface area contributed by atoms with Crippen LogP contribution < -0.4 is 10.2 Å². The molecule has 2 aromatic carbocycles. The van der Waals surface area contributed by atoms with Crippen molar-refractivity contribution >= 4 is 23.1 Å². The van der Waals surface area contributed by atoms with Crippen molar-refractivity contribution < 1.29 is 9.59 Å². The number of rotatable bonds is 2. The van der Waals surface area contributed by atoms with Gasteiger partial charge in [-0.15, -0.1) is 0 Å². The van der Waals surface area contributed by atoms with Gasteiger partial charge in [-0.2, -0.15) is 0 Å². The van der Waals surface area contributed by atoms with E-state index in [-0.39, 0.29) is 11.8 Å². The smallest absolute Gasteiger partial charge is 0.261 e. The number of nitrogens with one attached hydrogen (secondary N) is 1. The van der Waals surface area contributed by atoms with Crippen molar-refractivity contribution in [2.24, 2.45) is 0 Å². The van der Waals surface area contributed by atoms with Gasteiger partial charge >= 0.3 is 0 Å². The van der Waals surface area contributed by atoms with E-state index in [1.165, 1.54) is 11.1 Å². The van der Waals surface area contributed by atoms with Crippen molar-refractivity contribution in [1.29, 1.82) is 0 Å². The predicted octanol–water partition coefficient (Wildman–Crippen LogP) is 2.86. The van der Waals surface area contributed by atoms with E-state index in [9.17, 15) is 9.59 Å². The maximum absolute atomic E-state index is 12.1. The van der Waals surface area contributed by atoms with Crippen LogP contribution >= 0.6 is 0 Å². The molecule has 0 radical (unpaired) electrons. The number of benzene rings is 2. The molecule has 0 bridgehead atoms. The molecular weight excluding hydrogens is 288 g/mol. The van der Waals surface area contributed by atoms with Gasteiger partial charge in [0.15, 0.2) is 0 Å². The molecule has 0 fully saturated rings. The van der Waals surface area contributed by atoms with Crippen molar-refractivity contribution in [3.05, 3.63) is 71.3 Å². The minimum Gasteiger partial charge on any atom is -0.367 e. The zero-order valence-electron chi connectivity index (χ0n) is 12.6. The predicted molar refractivity (Wildman–Crippen MR) is 89.5 cm³/mol. The fourth-order valence-corrected chi connectivity index (χ4v) is 3.27. The molecule has 1 N–H and O–H groups in total. The van der Waals surface area contributed by atoms with Gasteiger partial charge in [0, 0.05) is 13.1 Å². The molecule has 2 aliphatic rings. The molecule has 4 rings (SSSR count). The highest BCUT2D eigenvalue weighted by molar-refractivity contribution is 6.23. The lowest BCUT2D eigenvalue weighted by Crippen LogP contribution is -2.30. The zero-order valence-corrected chi connectivity index (χ0v) is 12.6. The quantitative estimate of drug-likeness (QED) is 0.868. The minimum atomic E-state index is -0.302. The Morgan fingerprint density at radius 3 is 2.48 bits per heavy atom. The second-order valence-corrected chi connectivity index (χ2v) is 5.77. The van der Waals surface area contributed by atoms with Gasteiger partial charge in [-0.25, -0.2) is 0 Å². The van der Waals surface area contributed by atoms with Crippen molar-refractivity contribution in [2.75, 3.05) is 18.0 Å². The van der Waals surface area contributed by atoms with Gasteiger partial charge in [0.1, 0.15) is 0 Å². The van der Waals surface area contributed by atoms with E-state index in [0.29, 0.717) is 11.1 Å². The first-order chi connectivity index (χ1) is 11.2. The molecule has 0 atom stereocenters. The Hall–Kier alpha value is -2.88. The molecule has 0 spiro atoms. The Bertz CT molecular complexity index is 825. The molecule has 2 amide bonds. The molecule has 2 heterocycles. The molecule has 114 valence electrons. The minimum absolute atomic E-state index is 0.293. The lowest BCUT2D eigenvalue weighted by Gasteiger charge is -2.29. The second-order valence-electron chi connectivity index (χ2n) is 5.77. The van der Waals surface area contributed by atoms with Crippen LogP contribution in [0.15, 0.2) is 54.6 Å². The number of amides is 2. The van der Waals surface area contributed by atoms with Crippen molar-refractivity contribution in [2.45, 2.75) is 6.42 Å². The van der Waals surface area contributed by atoms with Crippen LogP contribution in [0.3, 0.4) is 0 Å². The first-order valence-electron chi connectivity index (χ1n) is 7.72. The third-order valence-corrected chi connectivity index (χ3v) is 4.44. The van der Waals surface area contributed by atoms with Crippen LogP contribution in [0.25, 0.3) is 5.57 Å². The Labute approximate surface area is 134 Å². The Kier molecular flexibility index (Phi) is 3.23. The molecule has 4 heteroatoms. The lowest BCUT2D eigenvalue weighted by molar-refractivity contribution is 0.0880. The number of fused-ring (bicyclic) bond motifs is 1. The summed E-state index contributed by atoms with van der Waals surface area (Å²) in [4.78, 5) is 26.0. The molecule has 0 unspecified atom stereocenters. The van der Waals surface area contributed by atoms with Crippen molar-refractivity contribution in [1.82, 2.24) is 5.32 Å². The number of hydrogen-bond donors (Lipinski definition) is 1. The van der Waals surface area contributed by atoms with Crippen LogP contribution in [-0.4, -0.2) is 24.9 Å². The maximum atomic E-state index is 12.1. The van der Waals surface area contributed by atoms with E-state index < -0.39 is 0 Å². The Morgan fingerprint density at radius 2 is 1.74 bits per heavy atom. The SMILES string of the molecule is O=C1NC(=O)c2c1cccc2N1CC=C(c2ccccc2)CC1. The summed E-state index contributed by atoms with van der Waals surface area (Å²) in [6.07, 6.45) is 3.12. The third kappa shape index (κ3) is 2.32. The highest BCUT2D eigenvalue weighted by Crippen LogP contribution is 2.31. The molecule has 23 heavy (non-hydrogen) atoms. The van der Waals surface area contributed by atoms with E-state index in [1.807, 2.05) is 30.3 Å². The van der Waals surface area contributed by atoms with Gasteiger partial charge in [-0.3, -0.25) is 14.9 Å². The van der Waals surface area contributed by atoms with Crippen LogP contribution in [0.4, 0.5) is 5.69 Å². The number of imide groups is 1. The fourth-order valence-electron chi connectivity index (χ4n) is 3.27. The maximum Gasteiger partial charge on any atom is 0.261 e. The summed E-state index contributed by atoms with van der Waals surface area (Å²) in [5.74, 6) is -0.595. The van der Waals surface area contributed by atoms with Gasteiger partial charge in [0.05, 0.1) is 16.8 Å². The zero-order chi connectivity index (χ0) is 15.8. The van der Waals surface area contributed by atoms with Gasteiger partial charge in [0.2, 0.25) is 0 Å². The summed E-state index contributed by atoms with van der Waals surface area (Å²) in [6.45, 7) is 1.57. The largest absolute Gasteiger partial charge is 0.367 e. The topological polar surface area (TPSA) is 49.4 Å².